The lowest BCUT2D eigenvalue weighted by atomic mass is 9.97. The van der Waals surface area contributed by atoms with Gasteiger partial charge in [-0.3, -0.25) is 24.0 Å². The van der Waals surface area contributed by atoms with Crippen molar-refractivity contribution in [2.75, 3.05) is 26.2 Å². The average Bonchev–Trinajstić information content (AvgIpc) is 3.07. The second kappa shape index (κ2) is 20.6. The van der Waals surface area contributed by atoms with E-state index in [0.717, 1.165) is 11.1 Å². The maximum atomic E-state index is 13.1. The zero-order chi connectivity index (χ0) is 36.5. The highest BCUT2D eigenvalue weighted by atomic mass is 16.3. The van der Waals surface area contributed by atoms with Gasteiger partial charge in [-0.15, -0.1) is 0 Å². The molecule has 16 N–H and O–H groups in total. The molecule has 5 amide bonds. The van der Waals surface area contributed by atoms with E-state index in [1.807, 2.05) is 0 Å². The summed E-state index contributed by atoms with van der Waals surface area (Å²) in [5.41, 5.74) is 31.1. The van der Waals surface area contributed by atoms with Gasteiger partial charge in [0.1, 0.15) is 23.6 Å². The Hall–Kier alpha value is -4.77. The Morgan fingerprint density at radius 1 is 0.755 bits per heavy atom. The van der Waals surface area contributed by atoms with Gasteiger partial charge in [-0.05, 0) is 98.6 Å². The maximum Gasteiger partial charge on any atom is 0.243 e. The van der Waals surface area contributed by atoms with E-state index >= 15 is 0 Å². The highest BCUT2D eigenvalue weighted by Crippen LogP contribution is 2.29. The molecule has 16 nitrogen and oxygen atoms in total. The Bertz CT molecular complexity index is 1440. The minimum atomic E-state index is -1.15. The average molecular weight is 686 g/mol. The van der Waals surface area contributed by atoms with E-state index in [1.165, 1.54) is 6.07 Å². The van der Waals surface area contributed by atoms with Crippen LogP contribution in [0.15, 0.2) is 36.4 Å². The third kappa shape index (κ3) is 14.1. The summed E-state index contributed by atoms with van der Waals surface area (Å²) in [5.74, 6) is -3.21. The van der Waals surface area contributed by atoms with Crippen molar-refractivity contribution in [2.24, 2.45) is 28.7 Å². The van der Waals surface area contributed by atoms with Crippen molar-refractivity contribution in [3.63, 3.8) is 0 Å². The van der Waals surface area contributed by atoms with Crippen LogP contribution < -0.4 is 49.9 Å². The third-order valence-corrected chi connectivity index (χ3v) is 7.79. The molecule has 0 heterocycles. The molecule has 0 spiro atoms. The topological polar surface area (TPSA) is 304 Å². The largest absolute Gasteiger partial charge is 0.508 e. The molecule has 2 aromatic rings. The van der Waals surface area contributed by atoms with Gasteiger partial charge in [-0.2, -0.15) is 0 Å². The van der Waals surface area contributed by atoms with Crippen molar-refractivity contribution < 1.29 is 34.2 Å². The molecule has 0 fully saturated rings. The Balaban J connectivity index is 2.02. The molecular weight excluding hydrogens is 634 g/mol. The van der Waals surface area contributed by atoms with E-state index in [-0.39, 0.29) is 56.3 Å². The lowest BCUT2D eigenvalue weighted by molar-refractivity contribution is -0.132. The normalized spacial score (nSPS) is 13.4. The summed E-state index contributed by atoms with van der Waals surface area (Å²) in [6.07, 6.45) is 1.49. The second-order valence-electron chi connectivity index (χ2n) is 11.9. The molecule has 0 aromatic heterocycles. The van der Waals surface area contributed by atoms with Crippen LogP contribution in [-0.2, 0) is 30.4 Å². The van der Waals surface area contributed by atoms with E-state index in [2.05, 4.69) is 21.3 Å². The van der Waals surface area contributed by atoms with Crippen molar-refractivity contribution in [3.05, 3.63) is 47.5 Å². The molecule has 0 unspecified atom stereocenters. The van der Waals surface area contributed by atoms with Crippen molar-refractivity contribution in [1.29, 1.82) is 0 Å². The summed E-state index contributed by atoms with van der Waals surface area (Å²) < 4.78 is 0. The molecule has 0 aliphatic rings. The summed E-state index contributed by atoms with van der Waals surface area (Å²) >= 11 is 0. The number of phenolic OH excluding ortho intramolecular Hbond substituents is 2. The molecule has 0 radical (unpaired) electrons. The standard InChI is InChI=1S/C33H51N9O7/c1-19-14-20(6-9-27(19)43)21-7-10-28(44)22(15-21)16-24(37)31(47)42-25(5-3-13-35)32(48)40-18-30(46)41-26(8-11-29(38)45)33(49)39-17-23(36)4-2-12-34/h6-7,9-10,14-15,23-26,43-44H,2-5,8,11-13,16-18,34-37H2,1H3,(H2,38,45)(H,39,49)(H,40,48)(H,41,46)(H,42,47)/t23-,24-,25-,26-/m0/s1. The van der Waals surface area contributed by atoms with Crippen molar-refractivity contribution in [2.45, 2.75) is 76.0 Å². The first-order valence-corrected chi connectivity index (χ1v) is 16.2. The first-order valence-electron chi connectivity index (χ1n) is 16.2. The van der Waals surface area contributed by atoms with E-state index in [0.29, 0.717) is 36.9 Å². The smallest absolute Gasteiger partial charge is 0.243 e. The quantitative estimate of drug-likeness (QED) is 0.0698. The number of phenols is 2. The molecule has 0 saturated carbocycles. The number of primary amides is 1. The van der Waals surface area contributed by atoms with Crippen LogP contribution in [0.25, 0.3) is 11.1 Å². The third-order valence-electron chi connectivity index (χ3n) is 7.79. The number of nitrogens with one attached hydrogen (secondary N) is 4. The maximum absolute atomic E-state index is 13.1. The van der Waals surface area contributed by atoms with Gasteiger partial charge >= 0.3 is 0 Å². The predicted octanol–water partition coefficient (Wildman–Crippen LogP) is -1.78. The van der Waals surface area contributed by atoms with Gasteiger partial charge in [0.15, 0.2) is 0 Å². The minimum Gasteiger partial charge on any atom is -0.508 e. The fourth-order valence-electron chi connectivity index (χ4n) is 4.89. The number of carbonyl (C=O) groups excluding carboxylic acids is 5. The number of benzene rings is 2. The highest BCUT2D eigenvalue weighted by Gasteiger charge is 2.26. The molecule has 270 valence electrons. The monoisotopic (exact) mass is 685 g/mol. The predicted molar refractivity (Wildman–Crippen MR) is 184 cm³/mol. The van der Waals surface area contributed by atoms with E-state index < -0.39 is 54.2 Å². The molecule has 0 saturated heterocycles. The van der Waals surface area contributed by atoms with Gasteiger partial charge in [-0.1, -0.05) is 12.1 Å². The van der Waals surface area contributed by atoms with Gasteiger partial charge in [0.25, 0.3) is 0 Å². The Morgan fingerprint density at radius 2 is 1.35 bits per heavy atom. The summed E-state index contributed by atoms with van der Waals surface area (Å²) in [6.45, 7) is 2.04. The van der Waals surface area contributed by atoms with Crippen LogP contribution in [-0.4, -0.2) is 90.1 Å². The molecule has 2 rings (SSSR count). The molecule has 16 heteroatoms. The number of hydrogen-bond donors (Lipinski definition) is 11. The Morgan fingerprint density at radius 3 is 1.98 bits per heavy atom. The van der Waals surface area contributed by atoms with Crippen molar-refractivity contribution in [3.8, 4) is 22.6 Å². The molecular formula is C33H51N9O7. The first-order chi connectivity index (χ1) is 23.2. The van der Waals surface area contributed by atoms with Crippen LogP contribution in [0.1, 0.15) is 49.7 Å². The Kier molecular flexibility index (Phi) is 17.0. The van der Waals surface area contributed by atoms with Crippen molar-refractivity contribution >= 4 is 29.5 Å². The van der Waals surface area contributed by atoms with Gasteiger partial charge in [0.2, 0.25) is 29.5 Å². The zero-order valence-corrected chi connectivity index (χ0v) is 27.9. The SMILES string of the molecule is Cc1cc(-c2ccc(O)c(C[C@H](N)C(=O)N[C@@H](CCCN)C(=O)NCC(=O)N[C@@H](CCC(N)=O)C(=O)NC[C@@H](N)CCCN)c2)ccc1O. The number of aryl methyl sites for hydroxylation is 1. The number of hydrogen-bond acceptors (Lipinski definition) is 11. The molecule has 0 aliphatic carbocycles. The van der Waals surface area contributed by atoms with E-state index in [4.69, 9.17) is 28.7 Å². The van der Waals surface area contributed by atoms with Gasteiger partial charge < -0.3 is 60.1 Å². The highest BCUT2D eigenvalue weighted by molar-refractivity contribution is 5.93. The van der Waals surface area contributed by atoms with Crippen molar-refractivity contribution in [1.82, 2.24) is 21.3 Å². The van der Waals surface area contributed by atoms with Gasteiger partial charge in [0.05, 0.1) is 12.6 Å². The van der Waals surface area contributed by atoms with E-state index in [9.17, 15) is 34.2 Å². The number of amides is 5. The van der Waals surface area contributed by atoms with Crippen LogP contribution in [0.5, 0.6) is 11.5 Å². The molecule has 4 atom stereocenters. The lowest BCUT2D eigenvalue weighted by Crippen LogP contribution is -2.54. The second-order valence-corrected chi connectivity index (χ2v) is 11.9. The van der Waals surface area contributed by atoms with Crippen LogP contribution >= 0.6 is 0 Å². The number of nitrogens with two attached hydrogens (primary N) is 5. The minimum absolute atomic E-state index is 0.0527. The summed E-state index contributed by atoms with van der Waals surface area (Å²) in [5, 5.41) is 30.5. The number of aromatic hydroxyl groups is 2. The van der Waals surface area contributed by atoms with Crippen LogP contribution in [0.2, 0.25) is 0 Å². The lowest BCUT2D eigenvalue weighted by Gasteiger charge is -2.22. The first kappa shape index (κ1) is 40.4. The van der Waals surface area contributed by atoms with Crippen LogP contribution in [0.3, 0.4) is 0 Å². The summed E-state index contributed by atoms with van der Waals surface area (Å²) in [7, 11) is 0. The summed E-state index contributed by atoms with van der Waals surface area (Å²) in [4.78, 5) is 63.0. The van der Waals surface area contributed by atoms with Gasteiger partial charge in [0, 0.05) is 25.4 Å². The number of carbonyl (C=O) groups is 5. The number of rotatable bonds is 21. The fourth-order valence-corrected chi connectivity index (χ4v) is 4.89. The molecule has 2 aromatic carbocycles. The van der Waals surface area contributed by atoms with E-state index in [1.54, 1.807) is 37.3 Å². The summed E-state index contributed by atoms with van der Waals surface area (Å²) in [6, 6.07) is 6.27. The molecule has 0 bridgehead atoms. The zero-order valence-electron chi connectivity index (χ0n) is 27.9. The molecule has 49 heavy (non-hydrogen) atoms. The molecule has 0 aliphatic heterocycles. The Labute approximate surface area is 285 Å². The van der Waals surface area contributed by atoms with Gasteiger partial charge in [-0.25, -0.2) is 0 Å². The van der Waals surface area contributed by atoms with Crippen LogP contribution in [0, 0.1) is 6.92 Å². The fraction of sp³-hybridized carbons (Fsp3) is 0.485. The van der Waals surface area contributed by atoms with Crippen LogP contribution in [0.4, 0.5) is 0 Å².